The monoisotopic (exact) mass is 260 g/mol. The molecule has 1 aliphatic rings. The van der Waals surface area contributed by atoms with Crippen LogP contribution in [-0.4, -0.2) is 19.3 Å². The van der Waals surface area contributed by atoms with Gasteiger partial charge >= 0.3 is 0 Å². The lowest BCUT2D eigenvalue weighted by Gasteiger charge is -2.07. The fraction of sp³-hybridized carbons (Fsp3) is 0.200. The molecule has 3 rings (SSSR count). The topological polar surface area (TPSA) is 21.8 Å². The summed E-state index contributed by atoms with van der Waals surface area (Å²) in [5, 5.41) is 0.762. The van der Waals surface area contributed by atoms with Gasteiger partial charge in [-0.15, -0.1) is 0 Å². The van der Waals surface area contributed by atoms with Gasteiger partial charge in [-0.25, -0.2) is 0 Å². The largest absolute Gasteiger partial charge is 0.491 e. The van der Waals surface area contributed by atoms with Crippen LogP contribution in [0.4, 0.5) is 0 Å². The molecule has 1 atom stereocenters. The van der Waals surface area contributed by atoms with E-state index in [-0.39, 0.29) is 6.10 Å². The van der Waals surface area contributed by atoms with E-state index >= 15 is 0 Å². The first kappa shape index (κ1) is 11.6. The molecule has 2 nitrogen and oxygen atoms in total. The molecular formula is C15H13ClO2. The number of benzene rings is 2. The number of hydrogen-bond acceptors (Lipinski definition) is 2. The lowest BCUT2D eigenvalue weighted by atomic mass is 10.1. The molecule has 2 aromatic rings. The smallest absolute Gasteiger partial charge is 0.119 e. The van der Waals surface area contributed by atoms with Gasteiger partial charge in [0.1, 0.15) is 18.5 Å². The Hall–Kier alpha value is -1.51. The van der Waals surface area contributed by atoms with Crippen LogP contribution in [0.1, 0.15) is 0 Å². The summed E-state index contributed by atoms with van der Waals surface area (Å²) in [6.45, 7) is 1.45. The molecule has 18 heavy (non-hydrogen) atoms. The van der Waals surface area contributed by atoms with Gasteiger partial charge in [0.2, 0.25) is 0 Å². The molecule has 1 saturated heterocycles. The van der Waals surface area contributed by atoms with E-state index in [0.29, 0.717) is 6.61 Å². The van der Waals surface area contributed by atoms with E-state index in [4.69, 9.17) is 21.1 Å². The molecule has 1 aliphatic heterocycles. The van der Waals surface area contributed by atoms with Crippen LogP contribution < -0.4 is 4.74 Å². The van der Waals surface area contributed by atoms with Crippen molar-refractivity contribution in [1.29, 1.82) is 0 Å². The normalized spacial score (nSPS) is 17.5. The summed E-state index contributed by atoms with van der Waals surface area (Å²) >= 11 is 6.16. The second-order valence-electron chi connectivity index (χ2n) is 4.27. The van der Waals surface area contributed by atoms with E-state index in [1.807, 2.05) is 48.5 Å². The summed E-state index contributed by atoms with van der Waals surface area (Å²) in [4.78, 5) is 0. The molecule has 0 N–H and O–H groups in total. The molecule has 2 aromatic carbocycles. The number of epoxide rings is 1. The average Bonchev–Trinajstić information content (AvgIpc) is 3.22. The fourth-order valence-electron chi connectivity index (χ4n) is 1.78. The van der Waals surface area contributed by atoms with Crippen LogP contribution in [0.5, 0.6) is 5.75 Å². The maximum absolute atomic E-state index is 6.16. The van der Waals surface area contributed by atoms with E-state index in [1.54, 1.807) is 0 Å². The molecule has 0 saturated carbocycles. The molecule has 0 aliphatic carbocycles. The van der Waals surface area contributed by atoms with Gasteiger partial charge in [-0.3, -0.25) is 0 Å². The fourth-order valence-corrected chi connectivity index (χ4v) is 2.02. The zero-order valence-electron chi connectivity index (χ0n) is 9.80. The Labute approximate surface area is 111 Å². The molecular weight excluding hydrogens is 248 g/mol. The SMILES string of the molecule is Clc1ccccc1-c1ccc(OCC2CO2)cc1. The molecule has 1 fully saturated rings. The first-order valence-electron chi connectivity index (χ1n) is 5.92. The van der Waals surface area contributed by atoms with Gasteiger partial charge in [-0.2, -0.15) is 0 Å². The quantitative estimate of drug-likeness (QED) is 0.781. The second kappa shape index (κ2) is 5.01. The summed E-state index contributed by atoms with van der Waals surface area (Å²) in [6, 6.07) is 15.8. The van der Waals surface area contributed by atoms with Crippen molar-refractivity contribution in [3.63, 3.8) is 0 Å². The summed E-state index contributed by atoms with van der Waals surface area (Å²) in [5.41, 5.74) is 2.13. The van der Waals surface area contributed by atoms with Crippen LogP contribution in [-0.2, 0) is 4.74 Å². The van der Waals surface area contributed by atoms with Gasteiger partial charge in [0.05, 0.1) is 6.61 Å². The van der Waals surface area contributed by atoms with Crippen LogP contribution in [0.2, 0.25) is 5.02 Å². The molecule has 1 heterocycles. The van der Waals surface area contributed by atoms with Crippen molar-refractivity contribution in [3.05, 3.63) is 53.6 Å². The number of hydrogen-bond donors (Lipinski definition) is 0. The predicted molar refractivity (Wildman–Crippen MR) is 72.1 cm³/mol. The van der Waals surface area contributed by atoms with E-state index < -0.39 is 0 Å². The highest BCUT2D eigenvalue weighted by Crippen LogP contribution is 2.28. The molecule has 0 amide bonds. The Morgan fingerprint density at radius 1 is 1.11 bits per heavy atom. The molecule has 0 radical (unpaired) electrons. The highest BCUT2D eigenvalue weighted by atomic mass is 35.5. The van der Waals surface area contributed by atoms with E-state index in [0.717, 1.165) is 28.5 Å². The van der Waals surface area contributed by atoms with E-state index in [9.17, 15) is 0 Å². The minimum absolute atomic E-state index is 0.285. The Morgan fingerprint density at radius 2 is 1.83 bits per heavy atom. The van der Waals surface area contributed by atoms with Crippen molar-refractivity contribution in [2.45, 2.75) is 6.10 Å². The second-order valence-corrected chi connectivity index (χ2v) is 4.68. The maximum Gasteiger partial charge on any atom is 0.119 e. The van der Waals surface area contributed by atoms with Gasteiger partial charge in [-0.05, 0) is 23.8 Å². The van der Waals surface area contributed by atoms with Crippen molar-refractivity contribution in [2.24, 2.45) is 0 Å². The van der Waals surface area contributed by atoms with Gasteiger partial charge in [0.15, 0.2) is 0 Å². The van der Waals surface area contributed by atoms with Gasteiger partial charge in [0.25, 0.3) is 0 Å². The van der Waals surface area contributed by atoms with Crippen molar-refractivity contribution in [1.82, 2.24) is 0 Å². The highest BCUT2D eigenvalue weighted by molar-refractivity contribution is 6.33. The van der Waals surface area contributed by atoms with Gasteiger partial charge < -0.3 is 9.47 Å². The standard InChI is InChI=1S/C15H13ClO2/c16-15-4-2-1-3-14(15)11-5-7-12(8-6-11)17-9-13-10-18-13/h1-8,13H,9-10H2. The van der Waals surface area contributed by atoms with Gasteiger partial charge in [-0.1, -0.05) is 41.9 Å². The summed E-state index contributed by atoms with van der Waals surface area (Å²) < 4.78 is 10.7. The average molecular weight is 261 g/mol. The van der Waals surface area contributed by atoms with Crippen LogP contribution in [0.25, 0.3) is 11.1 Å². The minimum Gasteiger partial charge on any atom is -0.491 e. The van der Waals surface area contributed by atoms with E-state index in [1.165, 1.54) is 0 Å². The highest BCUT2D eigenvalue weighted by Gasteiger charge is 2.22. The molecule has 0 aromatic heterocycles. The molecule has 92 valence electrons. The first-order chi connectivity index (χ1) is 8.83. The minimum atomic E-state index is 0.285. The summed E-state index contributed by atoms with van der Waals surface area (Å²) in [5.74, 6) is 0.862. The summed E-state index contributed by atoms with van der Waals surface area (Å²) in [7, 11) is 0. The molecule has 1 unspecified atom stereocenters. The predicted octanol–water partition coefficient (Wildman–Crippen LogP) is 3.78. The van der Waals surface area contributed by atoms with Crippen LogP contribution >= 0.6 is 11.6 Å². The zero-order chi connectivity index (χ0) is 12.4. The van der Waals surface area contributed by atoms with Crippen molar-refractivity contribution in [2.75, 3.05) is 13.2 Å². The Bertz CT molecular complexity index is 532. The number of halogens is 1. The summed E-state index contributed by atoms with van der Waals surface area (Å²) in [6.07, 6.45) is 0.285. The first-order valence-corrected chi connectivity index (χ1v) is 6.30. The maximum atomic E-state index is 6.16. The number of ether oxygens (including phenoxy) is 2. The third kappa shape index (κ3) is 2.66. The zero-order valence-corrected chi connectivity index (χ0v) is 10.6. The lowest BCUT2D eigenvalue weighted by Crippen LogP contribution is -2.03. The molecule has 0 bridgehead atoms. The molecule has 0 spiro atoms. The Kier molecular flexibility index (Phi) is 3.22. The van der Waals surface area contributed by atoms with Crippen LogP contribution in [0, 0.1) is 0 Å². The number of rotatable bonds is 4. The van der Waals surface area contributed by atoms with Crippen LogP contribution in [0.15, 0.2) is 48.5 Å². The van der Waals surface area contributed by atoms with E-state index in [2.05, 4.69) is 0 Å². The Morgan fingerprint density at radius 3 is 2.50 bits per heavy atom. The van der Waals surface area contributed by atoms with Crippen molar-refractivity contribution in [3.8, 4) is 16.9 Å². The molecule has 3 heteroatoms. The lowest BCUT2D eigenvalue weighted by molar-refractivity contribution is 0.263. The van der Waals surface area contributed by atoms with Crippen LogP contribution in [0.3, 0.4) is 0 Å². The third-order valence-corrected chi connectivity index (χ3v) is 3.21. The van der Waals surface area contributed by atoms with Crippen molar-refractivity contribution >= 4 is 11.6 Å². The Balaban J connectivity index is 1.75. The third-order valence-electron chi connectivity index (χ3n) is 2.88. The van der Waals surface area contributed by atoms with Gasteiger partial charge in [0, 0.05) is 10.6 Å². The van der Waals surface area contributed by atoms with Crippen molar-refractivity contribution < 1.29 is 9.47 Å².